The molecular weight excluding hydrogens is 328 g/mol. The number of nitriles is 1. The molecule has 0 spiro atoms. The number of benzene rings is 1. The third-order valence-corrected chi connectivity index (χ3v) is 4.93. The van der Waals surface area contributed by atoms with Crippen LogP contribution in [0.2, 0.25) is 5.02 Å². The molecule has 0 aromatic heterocycles. The number of rotatable bonds is 2. The Bertz CT molecular complexity index is 682. The summed E-state index contributed by atoms with van der Waals surface area (Å²) in [6, 6.07) is 7.35. The summed E-state index contributed by atoms with van der Waals surface area (Å²) in [5.74, 6) is 0.0488. The van der Waals surface area contributed by atoms with Crippen LogP contribution in [0.3, 0.4) is 0 Å². The summed E-state index contributed by atoms with van der Waals surface area (Å²) in [5, 5.41) is 12.2. The molecule has 1 N–H and O–H groups in total. The van der Waals surface area contributed by atoms with Gasteiger partial charge in [-0.15, -0.1) is 0 Å². The van der Waals surface area contributed by atoms with Crippen molar-refractivity contribution >= 4 is 29.1 Å². The monoisotopic (exact) mass is 346 g/mol. The molecule has 1 aromatic rings. The third-order valence-electron chi connectivity index (χ3n) is 4.62. The van der Waals surface area contributed by atoms with E-state index in [4.69, 9.17) is 16.9 Å². The van der Waals surface area contributed by atoms with Crippen LogP contribution in [-0.2, 0) is 9.59 Å². The topological polar surface area (TPSA) is 76.4 Å². The zero-order valence-corrected chi connectivity index (χ0v) is 14.1. The number of nitrogens with zero attached hydrogens (tertiary/aromatic N) is 3. The van der Waals surface area contributed by atoms with Gasteiger partial charge in [-0.1, -0.05) is 11.6 Å². The van der Waals surface area contributed by atoms with Crippen molar-refractivity contribution in [3.05, 3.63) is 28.8 Å². The fourth-order valence-corrected chi connectivity index (χ4v) is 3.50. The van der Waals surface area contributed by atoms with Gasteiger partial charge in [0.2, 0.25) is 11.8 Å². The van der Waals surface area contributed by atoms with E-state index in [1.165, 1.54) is 0 Å². The van der Waals surface area contributed by atoms with E-state index >= 15 is 0 Å². The number of anilines is 1. The highest BCUT2D eigenvalue weighted by Gasteiger charge is 2.30. The van der Waals surface area contributed by atoms with Crippen LogP contribution in [0.5, 0.6) is 0 Å². The predicted octanol–water partition coefficient (Wildman–Crippen LogP) is 1.39. The molecule has 0 bridgehead atoms. The molecule has 126 valence electrons. The predicted molar refractivity (Wildman–Crippen MR) is 90.7 cm³/mol. The molecule has 0 radical (unpaired) electrons. The molecule has 24 heavy (non-hydrogen) atoms. The number of hydrogen-bond acceptors (Lipinski definition) is 4. The summed E-state index contributed by atoms with van der Waals surface area (Å²) < 4.78 is 0. The van der Waals surface area contributed by atoms with E-state index in [-0.39, 0.29) is 17.7 Å². The maximum atomic E-state index is 12.5. The van der Waals surface area contributed by atoms with Crippen molar-refractivity contribution in [2.75, 3.05) is 37.6 Å². The summed E-state index contributed by atoms with van der Waals surface area (Å²) in [4.78, 5) is 27.8. The van der Waals surface area contributed by atoms with Crippen molar-refractivity contribution in [2.24, 2.45) is 5.92 Å². The number of carbonyl (C=O) groups excluding carboxylic acids is 2. The van der Waals surface area contributed by atoms with E-state index in [1.54, 1.807) is 12.1 Å². The number of amides is 2. The summed E-state index contributed by atoms with van der Waals surface area (Å²) >= 11 is 6.26. The van der Waals surface area contributed by atoms with Gasteiger partial charge in [0.05, 0.1) is 28.3 Å². The van der Waals surface area contributed by atoms with E-state index in [1.807, 2.05) is 11.0 Å². The first kappa shape index (κ1) is 16.6. The number of hydrogen-bond donors (Lipinski definition) is 1. The Hall–Kier alpha value is -2.26. The minimum absolute atomic E-state index is 0.0272. The van der Waals surface area contributed by atoms with Crippen LogP contribution in [0.4, 0.5) is 5.69 Å². The molecule has 2 fully saturated rings. The maximum Gasteiger partial charge on any atom is 0.227 e. The Labute approximate surface area is 146 Å². The second-order valence-electron chi connectivity index (χ2n) is 6.13. The van der Waals surface area contributed by atoms with Crippen molar-refractivity contribution in [1.82, 2.24) is 10.2 Å². The highest BCUT2D eigenvalue weighted by Crippen LogP contribution is 2.28. The molecule has 3 rings (SSSR count). The van der Waals surface area contributed by atoms with Gasteiger partial charge in [-0.2, -0.15) is 5.26 Å². The lowest BCUT2D eigenvalue weighted by molar-refractivity contribution is -0.137. The molecule has 2 aliphatic heterocycles. The third kappa shape index (κ3) is 3.46. The number of halogens is 1. The lowest BCUT2D eigenvalue weighted by Gasteiger charge is -2.38. The number of piperazine rings is 1. The first-order valence-electron chi connectivity index (χ1n) is 8.08. The minimum atomic E-state index is -0.104. The van der Waals surface area contributed by atoms with E-state index in [9.17, 15) is 9.59 Å². The SMILES string of the molecule is N#Cc1ccc(N2CCN(C(=O)C3CCC(=O)NC3)CC2)c(Cl)c1. The van der Waals surface area contributed by atoms with E-state index < -0.39 is 0 Å². The largest absolute Gasteiger partial charge is 0.367 e. The summed E-state index contributed by atoms with van der Waals surface area (Å²) in [6.45, 7) is 3.13. The van der Waals surface area contributed by atoms with Crippen molar-refractivity contribution in [3.63, 3.8) is 0 Å². The Kier molecular flexibility index (Phi) is 4.91. The van der Waals surface area contributed by atoms with Crippen LogP contribution < -0.4 is 10.2 Å². The first-order valence-corrected chi connectivity index (χ1v) is 8.46. The standard InChI is InChI=1S/C17H19ClN4O2/c18-14-9-12(10-19)1-3-15(14)21-5-7-22(8-6-21)17(24)13-2-4-16(23)20-11-13/h1,3,9,13H,2,4-8,11H2,(H,20,23). The number of carbonyl (C=O) groups is 2. The normalized spacial score (nSPS) is 21.2. The van der Waals surface area contributed by atoms with E-state index in [0.717, 1.165) is 5.69 Å². The molecule has 0 saturated carbocycles. The smallest absolute Gasteiger partial charge is 0.227 e. The van der Waals surface area contributed by atoms with E-state index in [0.29, 0.717) is 56.2 Å². The molecule has 2 heterocycles. The first-order chi connectivity index (χ1) is 11.6. The molecule has 1 atom stereocenters. The van der Waals surface area contributed by atoms with Crippen LogP contribution in [-0.4, -0.2) is 49.4 Å². The molecule has 2 aliphatic rings. The van der Waals surface area contributed by atoms with Crippen molar-refractivity contribution < 1.29 is 9.59 Å². The van der Waals surface area contributed by atoms with Gasteiger partial charge in [-0.05, 0) is 24.6 Å². The number of piperidine rings is 1. The van der Waals surface area contributed by atoms with Gasteiger partial charge in [0, 0.05) is 39.1 Å². The molecular formula is C17H19ClN4O2. The van der Waals surface area contributed by atoms with Crippen LogP contribution >= 0.6 is 11.6 Å². The zero-order chi connectivity index (χ0) is 17.1. The zero-order valence-electron chi connectivity index (χ0n) is 13.3. The highest BCUT2D eigenvalue weighted by atomic mass is 35.5. The van der Waals surface area contributed by atoms with Crippen LogP contribution in [0.25, 0.3) is 0 Å². The summed E-state index contributed by atoms with van der Waals surface area (Å²) in [7, 11) is 0. The Morgan fingerprint density at radius 3 is 2.62 bits per heavy atom. The van der Waals surface area contributed by atoms with Crippen LogP contribution in [0, 0.1) is 17.2 Å². The van der Waals surface area contributed by atoms with Gasteiger partial charge >= 0.3 is 0 Å². The molecule has 1 aromatic carbocycles. The van der Waals surface area contributed by atoms with E-state index in [2.05, 4.69) is 16.3 Å². The van der Waals surface area contributed by atoms with Gasteiger partial charge in [0.15, 0.2) is 0 Å². The fourth-order valence-electron chi connectivity index (χ4n) is 3.20. The molecule has 6 nitrogen and oxygen atoms in total. The van der Waals surface area contributed by atoms with Crippen LogP contribution in [0.15, 0.2) is 18.2 Å². The molecule has 0 aliphatic carbocycles. The second kappa shape index (κ2) is 7.10. The van der Waals surface area contributed by atoms with Crippen LogP contribution in [0.1, 0.15) is 18.4 Å². The van der Waals surface area contributed by atoms with Crippen molar-refractivity contribution in [2.45, 2.75) is 12.8 Å². The summed E-state index contributed by atoms with van der Waals surface area (Å²) in [6.07, 6.45) is 1.06. The van der Waals surface area contributed by atoms with Gasteiger partial charge in [0.25, 0.3) is 0 Å². The van der Waals surface area contributed by atoms with Gasteiger partial charge in [-0.25, -0.2) is 0 Å². The quantitative estimate of drug-likeness (QED) is 0.878. The van der Waals surface area contributed by atoms with Crippen molar-refractivity contribution in [1.29, 1.82) is 5.26 Å². The highest BCUT2D eigenvalue weighted by molar-refractivity contribution is 6.33. The number of nitrogens with one attached hydrogen (secondary N) is 1. The Morgan fingerprint density at radius 1 is 1.29 bits per heavy atom. The van der Waals surface area contributed by atoms with Crippen molar-refractivity contribution in [3.8, 4) is 6.07 Å². The average Bonchev–Trinajstić information content (AvgIpc) is 2.62. The fraction of sp³-hybridized carbons (Fsp3) is 0.471. The molecule has 2 saturated heterocycles. The Balaban J connectivity index is 1.59. The molecule has 7 heteroatoms. The van der Waals surface area contributed by atoms with Gasteiger partial charge in [-0.3, -0.25) is 9.59 Å². The minimum Gasteiger partial charge on any atom is -0.367 e. The second-order valence-corrected chi connectivity index (χ2v) is 6.54. The lowest BCUT2D eigenvalue weighted by atomic mass is 9.97. The van der Waals surface area contributed by atoms with Gasteiger partial charge in [0.1, 0.15) is 0 Å². The Morgan fingerprint density at radius 2 is 2.04 bits per heavy atom. The van der Waals surface area contributed by atoms with Gasteiger partial charge < -0.3 is 15.1 Å². The molecule has 2 amide bonds. The molecule has 1 unspecified atom stereocenters. The average molecular weight is 347 g/mol. The summed E-state index contributed by atoms with van der Waals surface area (Å²) in [5.41, 5.74) is 1.43. The lowest BCUT2D eigenvalue weighted by Crippen LogP contribution is -2.52. The maximum absolute atomic E-state index is 12.5.